The molecular formula is C19H33N5O9S. The molecule has 0 heterocycles. The molecule has 0 rings (SSSR count). The highest BCUT2D eigenvalue weighted by Crippen LogP contribution is 2.06. The lowest BCUT2D eigenvalue weighted by Gasteiger charge is -2.25. The first-order chi connectivity index (χ1) is 15.8. The molecule has 0 radical (unpaired) electrons. The highest BCUT2D eigenvalue weighted by Gasteiger charge is 2.32. The van der Waals surface area contributed by atoms with Crippen LogP contribution >= 0.6 is 11.8 Å². The number of hydrogen-bond donors (Lipinski definition) is 8. The summed E-state index contributed by atoms with van der Waals surface area (Å²) < 4.78 is 0. The monoisotopic (exact) mass is 507 g/mol. The van der Waals surface area contributed by atoms with Gasteiger partial charge in [-0.3, -0.25) is 24.0 Å². The first-order valence-corrected chi connectivity index (χ1v) is 11.8. The Morgan fingerprint density at radius 3 is 1.85 bits per heavy atom. The number of carboxylic acid groups (broad SMARTS) is 2. The fourth-order valence-electron chi connectivity index (χ4n) is 2.66. The van der Waals surface area contributed by atoms with Crippen LogP contribution in [0, 0.1) is 0 Å². The highest BCUT2D eigenvalue weighted by atomic mass is 32.2. The lowest BCUT2D eigenvalue weighted by Crippen LogP contribution is -2.58. The van der Waals surface area contributed by atoms with Gasteiger partial charge in [-0.2, -0.15) is 11.8 Å². The van der Waals surface area contributed by atoms with Crippen molar-refractivity contribution in [1.82, 2.24) is 16.0 Å². The molecule has 4 amide bonds. The Kier molecular flexibility index (Phi) is 14.5. The van der Waals surface area contributed by atoms with Crippen molar-refractivity contribution in [3.8, 4) is 0 Å². The normalized spacial score (nSPS) is 15.2. The van der Waals surface area contributed by atoms with Gasteiger partial charge in [-0.05, 0) is 38.2 Å². The molecule has 5 atom stereocenters. The van der Waals surface area contributed by atoms with Crippen LogP contribution in [0.15, 0.2) is 0 Å². The van der Waals surface area contributed by atoms with E-state index in [4.69, 9.17) is 21.7 Å². The number of carbonyl (C=O) groups is 6. The minimum Gasteiger partial charge on any atom is -0.481 e. The van der Waals surface area contributed by atoms with Gasteiger partial charge < -0.3 is 42.7 Å². The third kappa shape index (κ3) is 12.4. The Hall–Kier alpha value is -2.91. The van der Waals surface area contributed by atoms with Gasteiger partial charge >= 0.3 is 11.9 Å². The standard InChI is InChI=1S/C19H33N5O9S/c1-9(25)15(19(32)33)24-18(31)11(4-5-13(21)26)23-17(30)12(7-8-34-2)22-16(29)10(20)3-6-14(27)28/h9-12,15,25H,3-8,20H2,1-2H3,(H2,21,26)(H,22,29)(H,23,30)(H,24,31)(H,27,28)(H,32,33). The first kappa shape index (κ1) is 31.1. The maximum absolute atomic E-state index is 12.9. The molecule has 0 spiro atoms. The minimum atomic E-state index is -1.67. The Bertz CT molecular complexity index is 750. The molecule has 15 heteroatoms. The van der Waals surface area contributed by atoms with E-state index in [1.165, 1.54) is 11.8 Å². The van der Waals surface area contributed by atoms with Crippen molar-refractivity contribution in [2.24, 2.45) is 11.5 Å². The molecule has 0 aliphatic carbocycles. The van der Waals surface area contributed by atoms with E-state index in [9.17, 15) is 33.9 Å². The summed E-state index contributed by atoms with van der Waals surface area (Å²) in [6.45, 7) is 1.15. The summed E-state index contributed by atoms with van der Waals surface area (Å²) in [6, 6.07) is -5.39. The fourth-order valence-corrected chi connectivity index (χ4v) is 3.14. The number of nitrogens with one attached hydrogen (secondary N) is 3. The van der Waals surface area contributed by atoms with Gasteiger partial charge in [-0.1, -0.05) is 0 Å². The van der Waals surface area contributed by atoms with E-state index in [0.29, 0.717) is 5.75 Å². The number of hydrogen-bond acceptors (Lipinski definition) is 9. The highest BCUT2D eigenvalue weighted by molar-refractivity contribution is 7.98. The number of aliphatic carboxylic acids is 2. The maximum atomic E-state index is 12.9. The zero-order valence-corrected chi connectivity index (χ0v) is 19.8. The van der Waals surface area contributed by atoms with Crippen molar-refractivity contribution in [3.05, 3.63) is 0 Å². The molecule has 0 aliphatic rings. The Balaban J connectivity index is 5.49. The van der Waals surface area contributed by atoms with Crippen molar-refractivity contribution in [1.29, 1.82) is 0 Å². The van der Waals surface area contributed by atoms with Crippen LogP contribution in [0.25, 0.3) is 0 Å². The average Bonchev–Trinajstić information content (AvgIpc) is 2.74. The lowest BCUT2D eigenvalue weighted by molar-refractivity contribution is -0.145. The quantitative estimate of drug-likeness (QED) is 0.0992. The Labute approximate surface area is 200 Å². The second kappa shape index (κ2) is 15.8. The summed E-state index contributed by atoms with van der Waals surface area (Å²) in [4.78, 5) is 70.9. The van der Waals surface area contributed by atoms with Crippen LogP contribution in [0.3, 0.4) is 0 Å². The largest absolute Gasteiger partial charge is 0.481 e. The molecular weight excluding hydrogens is 474 g/mol. The van der Waals surface area contributed by atoms with Crippen molar-refractivity contribution in [2.75, 3.05) is 12.0 Å². The minimum absolute atomic E-state index is 0.139. The van der Waals surface area contributed by atoms with Gasteiger partial charge in [-0.25, -0.2) is 4.79 Å². The van der Waals surface area contributed by atoms with E-state index in [2.05, 4.69) is 16.0 Å². The number of carboxylic acids is 2. The SMILES string of the molecule is CSCCC(NC(=O)C(N)CCC(=O)O)C(=O)NC(CCC(N)=O)C(=O)NC(C(=O)O)C(C)O. The lowest BCUT2D eigenvalue weighted by atomic mass is 10.1. The summed E-state index contributed by atoms with van der Waals surface area (Å²) in [5, 5.41) is 34.3. The van der Waals surface area contributed by atoms with Crippen LogP contribution in [-0.2, 0) is 28.8 Å². The third-order valence-electron chi connectivity index (χ3n) is 4.61. The molecule has 0 fully saturated rings. The summed E-state index contributed by atoms with van der Waals surface area (Å²) in [6.07, 6.45) is -0.625. The van der Waals surface area contributed by atoms with E-state index in [1.54, 1.807) is 6.26 Å². The molecule has 194 valence electrons. The number of amides is 4. The van der Waals surface area contributed by atoms with E-state index >= 15 is 0 Å². The van der Waals surface area contributed by atoms with Crippen LogP contribution < -0.4 is 27.4 Å². The van der Waals surface area contributed by atoms with Crippen LogP contribution in [-0.4, -0.2) is 93.2 Å². The summed E-state index contributed by atoms with van der Waals surface area (Å²) >= 11 is 1.38. The van der Waals surface area contributed by atoms with Gasteiger partial charge in [0.1, 0.15) is 12.1 Å². The van der Waals surface area contributed by atoms with Crippen molar-refractivity contribution in [3.63, 3.8) is 0 Å². The molecule has 0 aromatic heterocycles. The number of thioether (sulfide) groups is 1. The number of rotatable bonds is 17. The zero-order chi connectivity index (χ0) is 26.4. The predicted octanol–water partition coefficient (Wildman–Crippen LogP) is -2.88. The second-order valence-corrected chi connectivity index (χ2v) is 8.50. The Morgan fingerprint density at radius 2 is 1.38 bits per heavy atom. The van der Waals surface area contributed by atoms with Crippen LogP contribution in [0.1, 0.15) is 39.0 Å². The van der Waals surface area contributed by atoms with Crippen LogP contribution in [0.2, 0.25) is 0 Å². The van der Waals surface area contributed by atoms with Crippen LogP contribution in [0.5, 0.6) is 0 Å². The second-order valence-electron chi connectivity index (χ2n) is 7.51. The van der Waals surface area contributed by atoms with Gasteiger partial charge in [0.25, 0.3) is 0 Å². The van der Waals surface area contributed by atoms with Crippen molar-refractivity contribution >= 4 is 47.3 Å². The molecule has 0 aliphatic heterocycles. The van der Waals surface area contributed by atoms with Gasteiger partial charge in [0, 0.05) is 12.8 Å². The number of carbonyl (C=O) groups excluding carboxylic acids is 4. The van der Waals surface area contributed by atoms with Gasteiger partial charge in [0.2, 0.25) is 23.6 Å². The number of primary amides is 1. The Morgan fingerprint density at radius 1 is 0.853 bits per heavy atom. The topological polar surface area (TPSA) is 251 Å². The molecule has 0 aromatic carbocycles. The van der Waals surface area contributed by atoms with Gasteiger partial charge in [0.05, 0.1) is 12.1 Å². The summed E-state index contributed by atoms with van der Waals surface area (Å²) in [5.74, 6) is -5.53. The average molecular weight is 508 g/mol. The smallest absolute Gasteiger partial charge is 0.328 e. The van der Waals surface area contributed by atoms with Gasteiger partial charge in [0.15, 0.2) is 6.04 Å². The molecule has 10 N–H and O–H groups in total. The third-order valence-corrected chi connectivity index (χ3v) is 5.25. The maximum Gasteiger partial charge on any atom is 0.328 e. The van der Waals surface area contributed by atoms with Gasteiger partial charge in [-0.15, -0.1) is 0 Å². The van der Waals surface area contributed by atoms with E-state index < -0.39 is 65.8 Å². The summed E-state index contributed by atoms with van der Waals surface area (Å²) in [7, 11) is 0. The van der Waals surface area contributed by atoms with Crippen molar-refractivity contribution < 1.29 is 44.1 Å². The molecule has 0 aromatic rings. The zero-order valence-electron chi connectivity index (χ0n) is 19.0. The predicted molar refractivity (Wildman–Crippen MR) is 121 cm³/mol. The number of aliphatic hydroxyl groups is 1. The molecule has 0 bridgehead atoms. The van der Waals surface area contributed by atoms with E-state index in [0.717, 1.165) is 6.92 Å². The van der Waals surface area contributed by atoms with Crippen molar-refractivity contribution in [2.45, 2.75) is 69.3 Å². The molecule has 5 unspecified atom stereocenters. The molecule has 0 saturated heterocycles. The number of nitrogens with two attached hydrogens (primary N) is 2. The molecule has 14 nitrogen and oxygen atoms in total. The fraction of sp³-hybridized carbons (Fsp3) is 0.684. The number of aliphatic hydroxyl groups excluding tert-OH is 1. The van der Waals surface area contributed by atoms with E-state index in [-0.39, 0.29) is 32.1 Å². The molecule has 34 heavy (non-hydrogen) atoms. The first-order valence-electron chi connectivity index (χ1n) is 10.4. The van der Waals surface area contributed by atoms with E-state index in [1.807, 2.05) is 0 Å². The molecule has 0 saturated carbocycles. The van der Waals surface area contributed by atoms with Crippen LogP contribution in [0.4, 0.5) is 0 Å². The summed E-state index contributed by atoms with van der Waals surface area (Å²) in [5.41, 5.74) is 10.8.